The average Bonchev–Trinajstić information content (AvgIpc) is 2.70. The van der Waals surface area contributed by atoms with Gasteiger partial charge in [0.05, 0.1) is 54.6 Å². The lowest BCUT2D eigenvalue weighted by Gasteiger charge is -1.96. The molecule has 0 bridgehead atoms. The molecule has 0 aromatic carbocycles. The molecule has 0 aliphatic rings. The van der Waals surface area contributed by atoms with Crippen molar-refractivity contribution in [3.63, 3.8) is 0 Å². The molecule has 0 saturated carbocycles. The van der Waals surface area contributed by atoms with Gasteiger partial charge < -0.3 is 33.2 Å². The van der Waals surface area contributed by atoms with Crippen LogP contribution in [0.5, 0.6) is 0 Å². The Hall–Kier alpha value is -4.50. The number of hydrogen-bond donors (Lipinski definition) is 6. The summed E-state index contributed by atoms with van der Waals surface area (Å²) in [5.74, 6) is -0.515. The smallest absolute Gasteiger partial charge is 0.217 e. The molecular weight excluding hydrogens is 390 g/mol. The Kier molecular flexibility index (Phi) is 21.0. The molecule has 12 heteroatoms. The topological polar surface area (TPSA) is 237 Å². The van der Waals surface area contributed by atoms with Gasteiger partial charge in [0, 0.05) is 39.4 Å². The molecule has 30 heavy (non-hydrogen) atoms. The van der Waals surface area contributed by atoms with Gasteiger partial charge in [0.2, 0.25) is 17.7 Å². The molecule has 0 atom stereocenters. The largest absolute Gasteiger partial charge is 0.404 e. The van der Waals surface area contributed by atoms with Crippen molar-refractivity contribution >= 4 is 17.7 Å². The van der Waals surface area contributed by atoms with Gasteiger partial charge in [-0.25, -0.2) is 0 Å². The van der Waals surface area contributed by atoms with E-state index < -0.39 is 0 Å². The first kappa shape index (κ1) is 30.2. The molecule has 0 aromatic rings. The number of hydrogen-bond acceptors (Lipinski definition) is 9. The normalized spacial score (nSPS) is 10.2. The molecule has 0 aliphatic carbocycles. The average molecular weight is 417 g/mol. The van der Waals surface area contributed by atoms with Gasteiger partial charge in [0.25, 0.3) is 0 Å². The molecule has 0 unspecified atom stereocenters. The lowest BCUT2D eigenvalue weighted by Crippen LogP contribution is -2.22. The number of nitrogens with zero attached hydrogens (tertiary/aromatic N) is 3. The number of carbonyl (C=O) groups excluding carboxylic acids is 3. The van der Waals surface area contributed by atoms with E-state index in [1.807, 2.05) is 18.2 Å². The Bertz CT molecular complexity index is 674. The molecule has 0 fully saturated rings. The Morgan fingerprint density at radius 3 is 0.933 bits per heavy atom. The summed E-state index contributed by atoms with van der Waals surface area (Å²) in [4.78, 5) is 30.9. The van der Waals surface area contributed by atoms with Crippen LogP contribution in [0.3, 0.4) is 0 Å². The summed E-state index contributed by atoms with van der Waals surface area (Å²) >= 11 is 0. The quantitative estimate of drug-likeness (QED) is 0.274. The van der Waals surface area contributed by atoms with Crippen LogP contribution >= 0.6 is 0 Å². The summed E-state index contributed by atoms with van der Waals surface area (Å²) in [6.07, 6.45) is 3.53. The van der Waals surface area contributed by atoms with E-state index in [2.05, 4.69) is 16.0 Å². The predicted octanol–water partition coefficient (Wildman–Crippen LogP) is -1.53. The summed E-state index contributed by atoms with van der Waals surface area (Å²) in [6.45, 7) is 4.77. The lowest BCUT2D eigenvalue weighted by molar-refractivity contribution is -0.119. The molecule has 0 aliphatic heterocycles. The Morgan fingerprint density at radius 2 is 0.833 bits per heavy atom. The van der Waals surface area contributed by atoms with Gasteiger partial charge in [-0.15, -0.1) is 0 Å². The zero-order valence-electron chi connectivity index (χ0n) is 17.2. The molecular formula is C18H27N9O3. The van der Waals surface area contributed by atoms with Crippen LogP contribution in [0.15, 0.2) is 35.3 Å². The summed E-state index contributed by atoms with van der Waals surface area (Å²) in [5, 5.41) is 32.2. The highest BCUT2D eigenvalue weighted by molar-refractivity contribution is 5.73. The zero-order valence-corrected chi connectivity index (χ0v) is 17.2. The highest BCUT2D eigenvalue weighted by atomic mass is 16.2. The molecule has 9 N–H and O–H groups in total. The van der Waals surface area contributed by atoms with E-state index in [4.69, 9.17) is 33.0 Å². The van der Waals surface area contributed by atoms with Crippen LogP contribution in [-0.4, -0.2) is 37.4 Å². The molecule has 0 aromatic heterocycles. The monoisotopic (exact) mass is 417 g/mol. The second-order valence-electron chi connectivity index (χ2n) is 5.14. The highest BCUT2D eigenvalue weighted by Gasteiger charge is 1.95. The van der Waals surface area contributed by atoms with Crippen LogP contribution in [0.1, 0.15) is 20.8 Å². The van der Waals surface area contributed by atoms with Crippen LogP contribution in [-0.2, 0) is 14.4 Å². The maximum atomic E-state index is 10.3. The van der Waals surface area contributed by atoms with Gasteiger partial charge in [-0.1, -0.05) is 0 Å². The van der Waals surface area contributed by atoms with Crippen molar-refractivity contribution in [2.75, 3.05) is 19.6 Å². The van der Waals surface area contributed by atoms with E-state index in [-0.39, 0.29) is 37.4 Å². The maximum Gasteiger partial charge on any atom is 0.217 e. The van der Waals surface area contributed by atoms with E-state index in [0.29, 0.717) is 16.7 Å². The second kappa shape index (κ2) is 20.8. The first-order valence-corrected chi connectivity index (χ1v) is 8.27. The van der Waals surface area contributed by atoms with E-state index in [0.717, 1.165) is 0 Å². The van der Waals surface area contributed by atoms with Crippen molar-refractivity contribution in [1.82, 2.24) is 16.0 Å². The maximum absolute atomic E-state index is 10.3. The zero-order chi connectivity index (χ0) is 23.9. The molecule has 0 rings (SSSR count). The van der Waals surface area contributed by atoms with Gasteiger partial charge in [-0.3, -0.25) is 14.4 Å². The van der Waals surface area contributed by atoms with Crippen LogP contribution in [0.4, 0.5) is 0 Å². The highest BCUT2D eigenvalue weighted by Crippen LogP contribution is 1.85. The second-order valence-corrected chi connectivity index (χ2v) is 5.14. The first-order valence-electron chi connectivity index (χ1n) is 8.27. The van der Waals surface area contributed by atoms with Crippen molar-refractivity contribution in [3.05, 3.63) is 35.3 Å². The van der Waals surface area contributed by atoms with E-state index in [1.165, 1.54) is 39.4 Å². The Balaban J connectivity index is -0.000000364. The van der Waals surface area contributed by atoms with Crippen LogP contribution in [0.2, 0.25) is 0 Å². The van der Waals surface area contributed by atoms with Gasteiger partial charge in [-0.05, 0) is 0 Å². The van der Waals surface area contributed by atoms with E-state index in [1.54, 1.807) is 0 Å². The number of nitrogens with two attached hydrogens (primary N) is 3. The minimum absolute atomic E-state index is 0.172. The van der Waals surface area contributed by atoms with Crippen LogP contribution in [0, 0.1) is 34.0 Å². The van der Waals surface area contributed by atoms with Crippen molar-refractivity contribution in [2.45, 2.75) is 20.8 Å². The molecule has 0 spiro atoms. The first-order chi connectivity index (χ1) is 14.1. The molecule has 12 nitrogen and oxygen atoms in total. The molecule has 0 heterocycles. The SMILES string of the molecule is CC(=O)NC/C(C#N)=C/N.CC(=O)NC/C(C#N)=C\N.CC(=O)NCC(C#N)=CN. The molecule has 162 valence electrons. The van der Waals surface area contributed by atoms with Crippen LogP contribution in [0.25, 0.3) is 0 Å². The lowest BCUT2D eigenvalue weighted by atomic mass is 10.3. The number of rotatable bonds is 6. The summed E-state index contributed by atoms with van der Waals surface area (Å²) in [5.41, 5.74) is 16.2. The fourth-order valence-corrected chi connectivity index (χ4v) is 1.07. The van der Waals surface area contributed by atoms with Crippen molar-refractivity contribution in [2.24, 2.45) is 17.2 Å². The minimum Gasteiger partial charge on any atom is -0.404 e. The standard InChI is InChI=1S/3C6H9N3O/c3*1-5(10)9-4-6(2-7)3-8/h3*2H,4,7H2,1H3,(H,9,10)/b6-2+;6-2-;. The summed E-state index contributed by atoms with van der Waals surface area (Å²) in [6, 6.07) is 5.49. The minimum atomic E-state index is -0.172. The number of nitriles is 3. The molecule has 0 radical (unpaired) electrons. The third-order valence-electron chi connectivity index (χ3n) is 2.62. The fraction of sp³-hybridized carbons (Fsp3) is 0.333. The number of nitrogens with one attached hydrogen (secondary N) is 3. The van der Waals surface area contributed by atoms with Crippen molar-refractivity contribution in [3.8, 4) is 18.2 Å². The van der Waals surface area contributed by atoms with Crippen LogP contribution < -0.4 is 33.2 Å². The third-order valence-corrected chi connectivity index (χ3v) is 2.62. The van der Waals surface area contributed by atoms with Gasteiger partial charge in [0.1, 0.15) is 0 Å². The predicted molar refractivity (Wildman–Crippen MR) is 110 cm³/mol. The van der Waals surface area contributed by atoms with E-state index >= 15 is 0 Å². The van der Waals surface area contributed by atoms with Crippen molar-refractivity contribution < 1.29 is 14.4 Å². The summed E-state index contributed by atoms with van der Waals surface area (Å²) < 4.78 is 0. The Labute approximate surface area is 175 Å². The molecule has 0 saturated heterocycles. The van der Waals surface area contributed by atoms with E-state index in [9.17, 15) is 14.4 Å². The number of amides is 3. The Morgan fingerprint density at radius 1 is 0.633 bits per heavy atom. The van der Waals surface area contributed by atoms with Gasteiger partial charge in [0.15, 0.2) is 0 Å². The number of carbonyl (C=O) groups is 3. The van der Waals surface area contributed by atoms with Gasteiger partial charge in [-0.2, -0.15) is 15.8 Å². The van der Waals surface area contributed by atoms with Gasteiger partial charge >= 0.3 is 0 Å². The fourth-order valence-electron chi connectivity index (χ4n) is 1.07. The summed E-state index contributed by atoms with van der Waals surface area (Å²) in [7, 11) is 0. The third kappa shape index (κ3) is 23.5. The van der Waals surface area contributed by atoms with Crippen molar-refractivity contribution in [1.29, 1.82) is 15.8 Å². The molecule has 3 amide bonds.